The molecule has 1 fully saturated rings. The van der Waals surface area contributed by atoms with Crippen molar-refractivity contribution in [3.8, 4) is 5.75 Å². The number of hydrogen-bond acceptors (Lipinski definition) is 7. The number of carbonyl (C=O) groups is 2. The second-order valence-electron chi connectivity index (χ2n) is 6.67. The number of nitrogens with zero attached hydrogens (tertiary/aromatic N) is 1. The number of hydrogen-bond donors (Lipinski definition) is 1. The van der Waals surface area contributed by atoms with Gasteiger partial charge in [-0.15, -0.1) is 11.3 Å². The van der Waals surface area contributed by atoms with Gasteiger partial charge in [0.25, 0.3) is 5.91 Å². The van der Waals surface area contributed by atoms with E-state index in [9.17, 15) is 18.0 Å². The van der Waals surface area contributed by atoms with Crippen LogP contribution < -0.4 is 9.46 Å². The van der Waals surface area contributed by atoms with E-state index in [0.717, 1.165) is 17.7 Å². The first-order valence-electron chi connectivity index (χ1n) is 8.94. The monoisotopic (exact) mass is 438 g/mol. The molecule has 29 heavy (non-hydrogen) atoms. The van der Waals surface area contributed by atoms with Gasteiger partial charge in [0.2, 0.25) is 10.0 Å². The second-order valence-corrected chi connectivity index (χ2v) is 9.38. The number of sulfonamides is 1. The van der Waals surface area contributed by atoms with Crippen LogP contribution in [0.1, 0.15) is 28.1 Å². The minimum absolute atomic E-state index is 0.0238. The van der Waals surface area contributed by atoms with Crippen LogP contribution in [0.25, 0.3) is 0 Å². The highest BCUT2D eigenvalue weighted by molar-refractivity contribution is 7.89. The molecule has 0 bridgehead atoms. The van der Waals surface area contributed by atoms with Crippen molar-refractivity contribution in [2.24, 2.45) is 0 Å². The van der Waals surface area contributed by atoms with Gasteiger partial charge in [-0.25, -0.2) is 17.9 Å². The molecular weight excluding hydrogens is 416 g/mol. The maximum absolute atomic E-state index is 12.5. The van der Waals surface area contributed by atoms with Crippen molar-refractivity contribution in [1.29, 1.82) is 0 Å². The fourth-order valence-electron chi connectivity index (χ4n) is 2.54. The van der Waals surface area contributed by atoms with Crippen LogP contribution in [-0.4, -0.2) is 52.0 Å². The molecule has 1 amide bonds. The van der Waals surface area contributed by atoms with E-state index in [1.54, 1.807) is 7.05 Å². The topological polar surface area (TPSA) is 102 Å². The Bertz CT molecular complexity index is 984. The predicted molar refractivity (Wildman–Crippen MR) is 107 cm³/mol. The zero-order valence-corrected chi connectivity index (χ0v) is 17.7. The Kier molecular flexibility index (Phi) is 6.56. The average Bonchev–Trinajstić information content (AvgIpc) is 3.35. The van der Waals surface area contributed by atoms with E-state index in [0.29, 0.717) is 6.54 Å². The maximum Gasteiger partial charge on any atom is 0.338 e. The van der Waals surface area contributed by atoms with Crippen LogP contribution in [0.2, 0.25) is 0 Å². The fourth-order valence-corrected chi connectivity index (χ4v) is 4.80. The van der Waals surface area contributed by atoms with Gasteiger partial charge < -0.3 is 14.4 Å². The standard InChI is InChI=1S/C19H22N2O6S2/c1-21(11-15-4-3-9-28-15)18(22)12-27-19(23)13-5-8-16(26-2)17(10-13)29(24,25)20-14-6-7-14/h3-5,8-10,14,20H,6-7,11-12H2,1-2H3. The lowest BCUT2D eigenvalue weighted by Gasteiger charge is -2.16. The molecule has 0 unspecified atom stereocenters. The molecule has 0 aliphatic heterocycles. The molecule has 2 aromatic rings. The molecule has 0 spiro atoms. The molecule has 10 heteroatoms. The Labute approximate surface area is 173 Å². The van der Waals surface area contributed by atoms with Crippen LogP contribution in [0.15, 0.2) is 40.6 Å². The molecule has 1 aliphatic rings. The van der Waals surface area contributed by atoms with Crippen molar-refractivity contribution in [2.75, 3.05) is 20.8 Å². The van der Waals surface area contributed by atoms with Crippen molar-refractivity contribution in [3.05, 3.63) is 46.2 Å². The van der Waals surface area contributed by atoms with Crippen LogP contribution in [-0.2, 0) is 26.1 Å². The third-order valence-corrected chi connectivity index (χ3v) is 6.72. The van der Waals surface area contributed by atoms with E-state index in [1.165, 1.54) is 41.5 Å². The van der Waals surface area contributed by atoms with E-state index >= 15 is 0 Å². The molecule has 8 nitrogen and oxygen atoms in total. The normalized spacial score (nSPS) is 13.7. The van der Waals surface area contributed by atoms with Crippen molar-refractivity contribution in [2.45, 2.75) is 30.3 Å². The summed E-state index contributed by atoms with van der Waals surface area (Å²) in [5.41, 5.74) is 0.0238. The van der Waals surface area contributed by atoms with Crippen molar-refractivity contribution < 1.29 is 27.5 Å². The Morgan fingerprint density at radius 2 is 2.03 bits per heavy atom. The summed E-state index contributed by atoms with van der Waals surface area (Å²) in [5.74, 6) is -1.02. The molecular formula is C19H22N2O6S2. The van der Waals surface area contributed by atoms with Crippen LogP contribution in [0.3, 0.4) is 0 Å². The Morgan fingerprint density at radius 1 is 1.28 bits per heavy atom. The Morgan fingerprint density at radius 3 is 2.66 bits per heavy atom. The minimum atomic E-state index is -3.83. The quantitative estimate of drug-likeness (QED) is 0.601. The lowest BCUT2D eigenvalue weighted by atomic mass is 10.2. The number of benzene rings is 1. The van der Waals surface area contributed by atoms with E-state index in [2.05, 4.69) is 4.72 Å². The van der Waals surface area contributed by atoms with E-state index < -0.39 is 22.6 Å². The van der Waals surface area contributed by atoms with Gasteiger partial charge in [0.05, 0.1) is 19.2 Å². The van der Waals surface area contributed by atoms with Crippen molar-refractivity contribution in [3.63, 3.8) is 0 Å². The highest BCUT2D eigenvalue weighted by Gasteiger charge is 2.30. The smallest absolute Gasteiger partial charge is 0.338 e. The van der Waals surface area contributed by atoms with Crippen LogP contribution >= 0.6 is 11.3 Å². The number of thiophene rings is 1. The number of nitrogens with one attached hydrogen (secondary N) is 1. The molecule has 1 aliphatic carbocycles. The van der Waals surface area contributed by atoms with Crippen molar-refractivity contribution in [1.82, 2.24) is 9.62 Å². The number of carbonyl (C=O) groups excluding carboxylic acids is 2. The van der Waals surface area contributed by atoms with Gasteiger partial charge in [-0.05, 0) is 42.5 Å². The summed E-state index contributed by atoms with van der Waals surface area (Å²) in [6.45, 7) is -0.0129. The van der Waals surface area contributed by atoms with Gasteiger partial charge >= 0.3 is 5.97 Å². The van der Waals surface area contributed by atoms with Gasteiger partial charge in [0.15, 0.2) is 6.61 Å². The zero-order valence-electron chi connectivity index (χ0n) is 16.1. The number of rotatable bonds is 9. The van der Waals surface area contributed by atoms with Crippen LogP contribution in [0, 0.1) is 0 Å². The number of likely N-dealkylation sites (N-methyl/N-ethyl adjacent to an activating group) is 1. The molecule has 0 radical (unpaired) electrons. The lowest BCUT2D eigenvalue weighted by molar-refractivity contribution is -0.133. The van der Waals surface area contributed by atoms with E-state index in [1.807, 2.05) is 17.5 Å². The largest absolute Gasteiger partial charge is 0.495 e. The third kappa shape index (κ3) is 5.55. The van der Waals surface area contributed by atoms with Gasteiger partial charge in [-0.1, -0.05) is 6.07 Å². The maximum atomic E-state index is 12.5. The molecule has 3 rings (SSSR count). The minimum Gasteiger partial charge on any atom is -0.495 e. The second kappa shape index (κ2) is 8.93. The number of esters is 1. The lowest BCUT2D eigenvalue weighted by Crippen LogP contribution is -2.30. The highest BCUT2D eigenvalue weighted by atomic mass is 32.2. The van der Waals surface area contributed by atoms with Crippen LogP contribution in [0.4, 0.5) is 0 Å². The number of methoxy groups -OCH3 is 1. The van der Waals surface area contributed by atoms with Crippen molar-refractivity contribution >= 4 is 33.2 Å². The average molecular weight is 439 g/mol. The summed E-state index contributed by atoms with van der Waals surface area (Å²) in [5, 5.41) is 1.92. The van der Waals surface area contributed by atoms with Gasteiger partial charge in [0, 0.05) is 18.0 Å². The summed E-state index contributed by atoms with van der Waals surface area (Å²) < 4.78 is 37.8. The first-order chi connectivity index (χ1) is 13.8. The molecule has 1 N–H and O–H groups in total. The third-order valence-electron chi connectivity index (χ3n) is 4.31. The first kappa shape index (κ1) is 21.3. The van der Waals surface area contributed by atoms with Gasteiger partial charge in [0.1, 0.15) is 10.6 Å². The van der Waals surface area contributed by atoms with Gasteiger partial charge in [-0.2, -0.15) is 0 Å². The molecule has 1 aromatic carbocycles. The Hall–Kier alpha value is -2.43. The summed E-state index contributed by atoms with van der Waals surface area (Å²) in [7, 11) is -0.851. The summed E-state index contributed by atoms with van der Waals surface area (Å²) in [6, 6.07) is 7.71. The molecule has 0 saturated heterocycles. The first-order valence-corrected chi connectivity index (χ1v) is 11.3. The van der Waals surface area contributed by atoms with Crippen LogP contribution in [0.5, 0.6) is 5.75 Å². The zero-order chi connectivity index (χ0) is 21.0. The summed E-state index contributed by atoms with van der Waals surface area (Å²) in [6.07, 6.45) is 1.56. The molecule has 1 aromatic heterocycles. The summed E-state index contributed by atoms with van der Waals surface area (Å²) >= 11 is 1.53. The SMILES string of the molecule is COc1ccc(C(=O)OCC(=O)N(C)Cc2cccs2)cc1S(=O)(=O)NC1CC1. The molecule has 0 atom stereocenters. The number of ether oxygens (including phenoxy) is 2. The van der Waals surface area contributed by atoms with E-state index in [4.69, 9.17) is 9.47 Å². The number of amides is 1. The fraction of sp³-hybridized carbons (Fsp3) is 0.368. The van der Waals surface area contributed by atoms with E-state index in [-0.39, 0.29) is 28.2 Å². The van der Waals surface area contributed by atoms with Gasteiger partial charge in [-0.3, -0.25) is 4.79 Å². The Balaban J connectivity index is 1.65. The molecule has 1 heterocycles. The highest BCUT2D eigenvalue weighted by Crippen LogP contribution is 2.28. The summed E-state index contributed by atoms with van der Waals surface area (Å²) in [4.78, 5) is 26.9. The molecule has 156 valence electrons. The predicted octanol–water partition coefficient (Wildman–Crippen LogP) is 2.01. The molecule has 1 saturated carbocycles.